The molecule has 1 heterocycles. The van der Waals surface area contributed by atoms with Crippen LogP contribution in [-0.4, -0.2) is 21.1 Å². The molecule has 0 bridgehead atoms. The Bertz CT molecular complexity index is 891. The SMILES string of the molecule is Oc1ccccc1-c1nc(NC2CCCC2)c2cc(F)ccc2n1. The molecule has 0 aliphatic heterocycles. The van der Waals surface area contributed by atoms with Crippen LogP contribution < -0.4 is 5.32 Å². The molecule has 0 radical (unpaired) electrons. The van der Waals surface area contributed by atoms with Crippen LogP contribution in [0.25, 0.3) is 22.3 Å². The van der Waals surface area contributed by atoms with Crippen LogP contribution in [0, 0.1) is 5.82 Å². The van der Waals surface area contributed by atoms with Crippen molar-refractivity contribution in [3.63, 3.8) is 0 Å². The summed E-state index contributed by atoms with van der Waals surface area (Å²) >= 11 is 0. The van der Waals surface area contributed by atoms with E-state index in [-0.39, 0.29) is 11.6 Å². The maximum Gasteiger partial charge on any atom is 0.165 e. The highest BCUT2D eigenvalue weighted by atomic mass is 19.1. The van der Waals surface area contributed by atoms with Crippen molar-refractivity contribution in [1.82, 2.24) is 9.97 Å². The van der Waals surface area contributed by atoms with Crippen LogP contribution in [0.2, 0.25) is 0 Å². The van der Waals surface area contributed by atoms with E-state index in [4.69, 9.17) is 0 Å². The minimum atomic E-state index is -0.309. The lowest BCUT2D eigenvalue weighted by atomic mass is 10.1. The molecule has 0 spiro atoms. The van der Waals surface area contributed by atoms with Crippen LogP contribution >= 0.6 is 0 Å². The average molecular weight is 323 g/mol. The first-order chi connectivity index (χ1) is 11.7. The molecule has 0 saturated heterocycles. The number of phenols is 1. The Morgan fingerprint density at radius 1 is 1.04 bits per heavy atom. The minimum absolute atomic E-state index is 0.130. The molecule has 1 fully saturated rings. The fraction of sp³-hybridized carbons (Fsp3) is 0.263. The first-order valence-corrected chi connectivity index (χ1v) is 8.23. The molecule has 4 rings (SSSR count). The number of halogens is 1. The average Bonchev–Trinajstić information content (AvgIpc) is 3.08. The summed E-state index contributed by atoms with van der Waals surface area (Å²) in [6, 6.07) is 11.8. The van der Waals surface area contributed by atoms with Gasteiger partial charge in [0, 0.05) is 11.4 Å². The third-order valence-electron chi connectivity index (χ3n) is 4.50. The molecule has 5 heteroatoms. The van der Waals surface area contributed by atoms with E-state index in [1.807, 2.05) is 6.07 Å². The number of hydrogen-bond donors (Lipinski definition) is 2. The third-order valence-corrected chi connectivity index (χ3v) is 4.50. The highest BCUT2D eigenvalue weighted by Crippen LogP contribution is 2.31. The number of phenolic OH excluding ortho intramolecular Hbond substituents is 1. The second-order valence-corrected chi connectivity index (χ2v) is 6.20. The quantitative estimate of drug-likeness (QED) is 0.745. The van der Waals surface area contributed by atoms with Gasteiger partial charge in [-0.05, 0) is 43.2 Å². The van der Waals surface area contributed by atoms with Crippen LogP contribution in [0.3, 0.4) is 0 Å². The van der Waals surface area contributed by atoms with Gasteiger partial charge in [-0.3, -0.25) is 0 Å². The number of nitrogens with zero attached hydrogens (tertiary/aromatic N) is 2. The van der Waals surface area contributed by atoms with E-state index >= 15 is 0 Å². The van der Waals surface area contributed by atoms with Gasteiger partial charge >= 0.3 is 0 Å². The summed E-state index contributed by atoms with van der Waals surface area (Å²) in [6.07, 6.45) is 4.57. The molecule has 2 aromatic carbocycles. The molecule has 1 aliphatic rings. The van der Waals surface area contributed by atoms with Crippen molar-refractivity contribution in [2.45, 2.75) is 31.7 Å². The maximum atomic E-state index is 13.7. The number of aromatic hydroxyl groups is 1. The smallest absolute Gasteiger partial charge is 0.165 e. The molecule has 122 valence electrons. The zero-order chi connectivity index (χ0) is 16.5. The number of nitrogens with one attached hydrogen (secondary N) is 1. The highest BCUT2D eigenvalue weighted by Gasteiger charge is 2.18. The van der Waals surface area contributed by atoms with Crippen LogP contribution in [0.5, 0.6) is 5.75 Å². The lowest BCUT2D eigenvalue weighted by Crippen LogP contribution is -2.16. The Kier molecular flexibility index (Phi) is 3.76. The summed E-state index contributed by atoms with van der Waals surface area (Å²) < 4.78 is 13.7. The molecule has 1 aromatic heterocycles. The van der Waals surface area contributed by atoms with Gasteiger partial charge in [-0.25, -0.2) is 14.4 Å². The molecule has 0 unspecified atom stereocenters. The Labute approximate surface area is 139 Å². The number of fused-ring (bicyclic) bond motifs is 1. The van der Waals surface area contributed by atoms with Crippen molar-refractivity contribution in [2.75, 3.05) is 5.32 Å². The van der Waals surface area contributed by atoms with Gasteiger partial charge < -0.3 is 10.4 Å². The molecular formula is C19H18FN3O. The number of benzene rings is 2. The zero-order valence-corrected chi connectivity index (χ0v) is 13.2. The summed E-state index contributed by atoms with van der Waals surface area (Å²) in [5.41, 5.74) is 1.23. The fourth-order valence-corrected chi connectivity index (χ4v) is 3.26. The predicted octanol–water partition coefficient (Wildman–Crippen LogP) is 4.50. The largest absolute Gasteiger partial charge is 0.507 e. The predicted molar refractivity (Wildman–Crippen MR) is 92.5 cm³/mol. The van der Waals surface area contributed by atoms with Crippen LogP contribution in [0.4, 0.5) is 10.2 Å². The van der Waals surface area contributed by atoms with E-state index in [2.05, 4.69) is 15.3 Å². The topological polar surface area (TPSA) is 58.0 Å². The van der Waals surface area contributed by atoms with E-state index in [1.165, 1.54) is 25.0 Å². The number of para-hydroxylation sites is 1. The Morgan fingerprint density at radius 3 is 2.62 bits per heavy atom. The second kappa shape index (κ2) is 6.07. The molecule has 4 nitrogen and oxygen atoms in total. The normalized spacial score (nSPS) is 15.0. The van der Waals surface area contributed by atoms with E-state index in [0.717, 1.165) is 12.8 Å². The van der Waals surface area contributed by atoms with Crippen molar-refractivity contribution in [3.05, 3.63) is 48.3 Å². The van der Waals surface area contributed by atoms with Gasteiger partial charge in [0.1, 0.15) is 17.4 Å². The third kappa shape index (κ3) is 2.77. The summed E-state index contributed by atoms with van der Waals surface area (Å²) in [5.74, 6) is 0.888. The molecule has 0 amide bonds. The van der Waals surface area contributed by atoms with Gasteiger partial charge in [0.25, 0.3) is 0 Å². The van der Waals surface area contributed by atoms with Gasteiger partial charge in [0.2, 0.25) is 0 Å². The maximum absolute atomic E-state index is 13.7. The first kappa shape index (κ1) is 14.9. The van der Waals surface area contributed by atoms with E-state index in [9.17, 15) is 9.50 Å². The van der Waals surface area contributed by atoms with Crippen molar-refractivity contribution in [3.8, 4) is 17.1 Å². The molecule has 1 aliphatic carbocycles. The van der Waals surface area contributed by atoms with Crippen LogP contribution in [-0.2, 0) is 0 Å². The van der Waals surface area contributed by atoms with Gasteiger partial charge in [0.15, 0.2) is 5.82 Å². The van der Waals surface area contributed by atoms with Crippen molar-refractivity contribution < 1.29 is 9.50 Å². The van der Waals surface area contributed by atoms with Crippen molar-refractivity contribution in [1.29, 1.82) is 0 Å². The number of hydrogen-bond acceptors (Lipinski definition) is 4. The number of anilines is 1. The Morgan fingerprint density at radius 2 is 1.83 bits per heavy atom. The molecule has 2 N–H and O–H groups in total. The molecule has 3 aromatic rings. The van der Waals surface area contributed by atoms with E-state index in [0.29, 0.717) is 34.2 Å². The molecular weight excluding hydrogens is 305 g/mol. The second-order valence-electron chi connectivity index (χ2n) is 6.20. The fourth-order valence-electron chi connectivity index (χ4n) is 3.26. The molecule has 0 atom stereocenters. The lowest BCUT2D eigenvalue weighted by molar-refractivity contribution is 0.477. The van der Waals surface area contributed by atoms with Gasteiger partial charge in [-0.1, -0.05) is 25.0 Å². The van der Waals surface area contributed by atoms with Crippen molar-refractivity contribution >= 4 is 16.7 Å². The van der Waals surface area contributed by atoms with Gasteiger partial charge in [0.05, 0.1) is 11.1 Å². The monoisotopic (exact) mass is 323 g/mol. The zero-order valence-electron chi connectivity index (χ0n) is 13.2. The standard InChI is InChI=1S/C19H18FN3O/c20-12-9-10-16-15(11-12)19(21-13-5-1-2-6-13)23-18(22-16)14-7-3-4-8-17(14)24/h3-4,7-11,13,24H,1-2,5-6H2,(H,21,22,23). The van der Waals surface area contributed by atoms with Gasteiger partial charge in [-0.2, -0.15) is 0 Å². The summed E-state index contributed by atoms with van der Waals surface area (Å²) in [5, 5.41) is 14.2. The number of aromatic nitrogens is 2. The first-order valence-electron chi connectivity index (χ1n) is 8.23. The minimum Gasteiger partial charge on any atom is -0.507 e. The Hall–Kier alpha value is -2.69. The van der Waals surface area contributed by atoms with Crippen molar-refractivity contribution in [2.24, 2.45) is 0 Å². The molecule has 24 heavy (non-hydrogen) atoms. The highest BCUT2D eigenvalue weighted by molar-refractivity contribution is 5.91. The Balaban J connectivity index is 1.86. The van der Waals surface area contributed by atoms with Crippen LogP contribution in [0.15, 0.2) is 42.5 Å². The summed E-state index contributed by atoms with van der Waals surface area (Å²) in [4.78, 5) is 9.09. The summed E-state index contributed by atoms with van der Waals surface area (Å²) in [7, 11) is 0. The number of rotatable bonds is 3. The lowest BCUT2D eigenvalue weighted by Gasteiger charge is -2.16. The summed E-state index contributed by atoms with van der Waals surface area (Å²) in [6.45, 7) is 0. The van der Waals surface area contributed by atoms with E-state index in [1.54, 1.807) is 24.3 Å². The molecule has 1 saturated carbocycles. The van der Waals surface area contributed by atoms with Gasteiger partial charge in [-0.15, -0.1) is 0 Å². The van der Waals surface area contributed by atoms with Crippen LogP contribution in [0.1, 0.15) is 25.7 Å². The van der Waals surface area contributed by atoms with E-state index < -0.39 is 0 Å².